The molecule has 1 amide bonds. The van der Waals surface area contributed by atoms with Gasteiger partial charge < -0.3 is 5.32 Å². The predicted molar refractivity (Wildman–Crippen MR) is 117 cm³/mol. The minimum atomic E-state index is -3.15. The molecule has 2 aliphatic rings. The average Bonchev–Trinajstić information content (AvgIpc) is 3.11. The standard InChI is InChI=1S/C24H29NO3S/c26-24(16-20-14-13-19-8-4-5-12-23(19)20)25-21-9-6-7-18(15-21)17-29(27,28)22-10-2-1-3-11-22/h4-9,12,15,20,22H,1-3,10-11,13-14,16-17H2,(H,25,26). The highest BCUT2D eigenvalue weighted by Crippen LogP contribution is 2.35. The zero-order valence-electron chi connectivity index (χ0n) is 16.8. The monoisotopic (exact) mass is 411 g/mol. The van der Waals surface area contributed by atoms with Crippen molar-refractivity contribution in [3.8, 4) is 0 Å². The number of benzene rings is 2. The fourth-order valence-corrected chi connectivity index (χ4v) is 6.74. The minimum absolute atomic E-state index is 0.0148. The molecule has 4 nitrogen and oxygen atoms in total. The van der Waals surface area contributed by atoms with E-state index in [4.69, 9.17) is 0 Å². The van der Waals surface area contributed by atoms with Gasteiger partial charge in [-0.05, 0) is 60.4 Å². The topological polar surface area (TPSA) is 63.2 Å². The number of carbonyl (C=O) groups is 1. The molecule has 1 saturated carbocycles. The molecule has 0 bridgehead atoms. The second kappa shape index (κ2) is 8.70. The predicted octanol–water partition coefficient (Wildman–Crippen LogP) is 4.99. The van der Waals surface area contributed by atoms with Gasteiger partial charge in [-0.25, -0.2) is 8.42 Å². The number of carbonyl (C=O) groups excluding carboxylic acids is 1. The maximum atomic E-state index is 12.7. The second-order valence-corrected chi connectivity index (χ2v) is 10.7. The van der Waals surface area contributed by atoms with Crippen molar-refractivity contribution in [1.29, 1.82) is 0 Å². The highest BCUT2D eigenvalue weighted by molar-refractivity contribution is 7.91. The van der Waals surface area contributed by atoms with Crippen LogP contribution in [0, 0.1) is 0 Å². The number of amides is 1. The van der Waals surface area contributed by atoms with E-state index >= 15 is 0 Å². The van der Waals surface area contributed by atoms with E-state index in [1.165, 1.54) is 11.1 Å². The van der Waals surface area contributed by atoms with Crippen LogP contribution in [-0.2, 0) is 26.8 Å². The molecule has 1 fully saturated rings. The number of hydrogen-bond acceptors (Lipinski definition) is 3. The van der Waals surface area contributed by atoms with E-state index in [-0.39, 0.29) is 22.8 Å². The lowest BCUT2D eigenvalue weighted by atomic mass is 9.97. The van der Waals surface area contributed by atoms with Crippen LogP contribution in [0.5, 0.6) is 0 Å². The molecule has 2 aromatic carbocycles. The van der Waals surface area contributed by atoms with Crippen LogP contribution in [0.2, 0.25) is 0 Å². The summed E-state index contributed by atoms with van der Waals surface area (Å²) in [4.78, 5) is 12.6. The molecule has 0 spiro atoms. The van der Waals surface area contributed by atoms with Crippen molar-refractivity contribution in [2.24, 2.45) is 0 Å². The molecule has 5 heteroatoms. The Hall–Kier alpha value is -2.14. The largest absolute Gasteiger partial charge is 0.326 e. The molecule has 0 radical (unpaired) electrons. The highest BCUT2D eigenvalue weighted by atomic mass is 32.2. The summed E-state index contributed by atoms with van der Waals surface area (Å²) in [7, 11) is -3.15. The summed E-state index contributed by atoms with van der Waals surface area (Å²) in [5, 5.41) is 2.76. The lowest BCUT2D eigenvalue weighted by Gasteiger charge is -2.21. The Balaban J connectivity index is 1.38. The first-order chi connectivity index (χ1) is 14.0. The summed E-state index contributed by atoms with van der Waals surface area (Å²) in [6, 6.07) is 15.6. The van der Waals surface area contributed by atoms with E-state index in [1.807, 2.05) is 30.3 Å². The smallest absolute Gasteiger partial charge is 0.224 e. The van der Waals surface area contributed by atoms with E-state index in [9.17, 15) is 13.2 Å². The van der Waals surface area contributed by atoms with Crippen molar-refractivity contribution in [2.45, 2.75) is 68.3 Å². The van der Waals surface area contributed by atoms with Crippen LogP contribution in [0.1, 0.15) is 67.6 Å². The molecule has 1 unspecified atom stereocenters. The van der Waals surface area contributed by atoms with Gasteiger partial charge in [0.1, 0.15) is 0 Å². The molecule has 29 heavy (non-hydrogen) atoms. The number of aryl methyl sites for hydroxylation is 1. The number of rotatable bonds is 6. The van der Waals surface area contributed by atoms with Gasteiger partial charge in [0.15, 0.2) is 9.84 Å². The lowest BCUT2D eigenvalue weighted by molar-refractivity contribution is -0.116. The van der Waals surface area contributed by atoms with Crippen molar-refractivity contribution in [3.05, 3.63) is 65.2 Å². The summed E-state index contributed by atoms with van der Waals surface area (Å²) in [5.41, 5.74) is 4.06. The molecule has 2 aliphatic carbocycles. The summed E-state index contributed by atoms with van der Waals surface area (Å²) in [6.07, 6.45) is 7.20. The minimum Gasteiger partial charge on any atom is -0.326 e. The summed E-state index contributed by atoms with van der Waals surface area (Å²) in [5.74, 6) is 0.303. The van der Waals surface area contributed by atoms with Gasteiger partial charge in [-0.3, -0.25) is 4.79 Å². The molecule has 0 aromatic heterocycles. The van der Waals surface area contributed by atoms with Crippen molar-refractivity contribution in [2.75, 3.05) is 5.32 Å². The first-order valence-electron chi connectivity index (χ1n) is 10.7. The highest BCUT2D eigenvalue weighted by Gasteiger charge is 2.27. The van der Waals surface area contributed by atoms with Crippen LogP contribution in [0.15, 0.2) is 48.5 Å². The van der Waals surface area contributed by atoms with Gasteiger partial charge in [0.2, 0.25) is 5.91 Å². The van der Waals surface area contributed by atoms with Crippen LogP contribution in [0.3, 0.4) is 0 Å². The molecule has 1 atom stereocenters. The molecular weight excluding hydrogens is 382 g/mol. The Labute approximate surface area is 173 Å². The van der Waals surface area contributed by atoms with E-state index in [2.05, 4.69) is 17.4 Å². The molecular formula is C24H29NO3S. The number of fused-ring (bicyclic) bond motifs is 1. The van der Waals surface area contributed by atoms with E-state index < -0.39 is 9.84 Å². The Morgan fingerprint density at radius 2 is 1.76 bits per heavy atom. The molecule has 154 valence electrons. The Bertz CT molecular complexity index is 977. The fraction of sp³-hybridized carbons (Fsp3) is 0.458. The van der Waals surface area contributed by atoms with Gasteiger partial charge in [0.05, 0.1) is 11.0 Å². The molecule has 2 aromatic rings. The van der Waals surface area contributed by atoms with E-state index in [0.717, 1.165) is 50.5 Å². The van der Waals surface area contributed by atoms with Gasteiger partial charge in [-0.2, -0.15) is 0 Å². The van der Waals surface area contributed by atoms with Gasteiger partial charge in [-0.1, -0.05) is 55.7 Å². The maximum Gasteiger partial charge on any atom is 0.224 e. The van der Waals surface area contributed by atoms with Gasteiger partial charge in [0, 0.05) is 12.1 Å². The zero-order chi connectivity index (χ0) is 20.3. The molecule has 4 rings (SSSR count). The number of hydrogen-bond donors (Lipinski definition) is 1. The summed E-state index contributed by atoms with van der Waals surface area (Å²) >= 11 is 0. The third-order valence-electron chi connectivity index (χ3n) is 6.33. The van der Waals surface area contributed by atoms with E-state index in [0.29, 0.717) is 12.1 Å². The number of nitrogens with one attached hydrogen (secondary N) is 1. The van der Waals surface area contributed by atoms with Crippen molar-refractivity contribution >= 4 is 21.4 Å². The van der Waals surface area contributed by atoms with Crippen LogP contribution in [-0.4, -0.2) is 19.6 Å². The Morgan fingerprint density at radius 1 is 0.966 bits per heavy atom. The normalized spacial score (nSPS) is 19.7. The molecule has 0 saturated heterocycles. The zero-order valence-corrected chi connectivity index (χ0v) is 17.6. The third kappa shape index (κ3) is 4.89. The Kier molecular flexibility index (Phi) is 6.04. The van der Waals surface area contributed by atoms with E-state index in [1.54, 1.807) is 6.07 Å². The van der Waals surface area contributed by atoms with Crippen molar-refractivity contribution < 1.29 is 13.2 Å². The van der Waals surface area contributed by atoms with Gasteiger partial charge in [-0.15, -0.1) is 0 Å². The first-order valence-corrected chi connectivity index (χ1v) is 12.4. The molecule has 1 N–H and O–H groups in total. The van der Waals surface area contributed by atoms with Gasteiger partial charge in [0.25, 0.3) is 0 Å². The quantitative estimate of drug-likeness (QED) is 0.728. The van der Waals surface area contributed by atoms with Crippen LogP contribution in [0.25, 0.3) is 0 Å². The summed E-state index contributed by atoms with van der Waals surface area (Å²) in [6.45, 7) is 0. The molecule has 0 heterocycles. The van der Waals surface area contributed by atoms with Crippen molar-refractivity contribution in [1.82, 2.24) is 0 Å². The Morgan fingerprint density at radius 3 is 2.59 bits per heavy atom. The van der Waals surface area contributed by atoms with Crippen molar-refractivity contribution in [3.63, 3.8) is 0 Å². The van der Waals surface area contributed by atoms with Crippen LogP contribution in [0.4, 0.5) is 5.69 Å². The lowest BCUT2D eigenvalue weighted by Crippen LogP contribution is -2.25. The average molecular weight is 412 g/mol. The van der Waals surface area contributed by atoms with Crippen LogP contribution >= 0.6 is 0 Å². The third-order valence-corrected chi connectivity index (χ3v) is 8.55. The first kappa shape index (κ1) is 20.1. The molecule has 0 aliphatic heterocycles. The maximum absolute atomic E-state index is 12.7. The fourth-order valence-electron chi connectivity index (χ4n) is 4.81. The number of sulfone groups is 1. The number of anilines is 1. The van der Waals surface area contributed by atoms with Gasteiger partial charge >= 0.3 is 0 Å². The van der Waals surface area contributed by atoms with Crippen LogP contribution < -0.4 is 5.32 Å². The SMILES string of the molecule is O=C(CC1CCc2ccccc21)Nc1cccc(CS(=O)(=O)C2CCCCC2)c1. The second-order valence-electron chi connectivity index (χ2n) is 8.45. The summed E-state index contributed by atoms with van der Waals surface area (Å²) < 4.78 is 25.5.